The third-order valence-corrected chi connectivity index (χ3v) is 4.81. The van der Waals surface area contributed by atoms with Gasteiger partial charge in [0.05, 0.1) is 6.61 Å². The third kappa shape index (κ3) is 3.08. The van der Waals surface area contributed by atoms with Crippen molar-refractivity contribution in [3.8, 4) is 0 Å². The molecule has 0 aliphatic carbocycles. The topological polar surface area (TPSA) is 87.0 Å². The standard InChI is InChI=1S/C12H17NO4S/c1-3-18(16,17)11(8-14)12(13-15)10-6-4-9(2)5-7-10/h4-7,11,14-15H,3,8H2,1-2H3/b13-12-/t11-/m0/s1. The first-order valence-corrected chi connectivity index (χ1v) is 7.29. The predicted octanol–water partition coefficient (Wildman–Crippen LogP) is 0.969. The van der Waals surface area contributed by atoms with E-state index in [4.69, 9.17) is 5.21 Å². The maximum atomic E-state index is 11.8. The van der Waals surface area contributed by atoms with Crippen molar-refractivity contribution in [2.24, 2.45) is 5.16 Å². The number of hydrogen-bond donors (Lipinski definition) is 2. The van der Waals surface area contributed by atoms with Crippen LogP contribution in [0.1, 0.15) is 18.1 Å². The van der Waals surface area contributed by atoms with E-state index in [1.807, 2.05) is 6.92 Å². The van der Waals surface area contributed by atoms with Gasteiger partial charge in [0.2, 0.25) is 0 Å². The van der Waals surface area contributed by atoms with E-state index in [-0.39, 0.29) is 11.5 Å². The molecule has 0 amide bonds. The summed E-state index contributed by atoms with van der Waals surface area (Å²) in [6.07, 6.45) is 0. The SMILES string of the molecule is CCS(=O)(=O)[C@@H](CO)/C(=N\O)c1ccc(C)cc1. The zero-order valence-corrected chi connectivity index (χ0v) is 11.2. The molecule has 0 radical (unpaired) electrons. The Morgan fingerprint density at radius 2 is 1.89 bits per heavy atom. The van der Waals surface area contributed by atoms with E-state index in [0.717, 1.165) is 5.56 Å². The number of aryl methyl sites for hydroxylation is 1. The van der Waals surface area contributed by atoms with Crippen LogP contribution in [0, 0.1) is 6.92 Å². The number of hydrogen-bond acceptors (Lipinski definition) is 5. The molecule has 1 aromatic rings. The first-order valence-electron chi connectivity index (χ1n) is 5.57. The molecule has 0 unspecified atom stereocenters. The van der Waals surface area contributed by atoms with Crippen molar-refractivity contribution in [3.05, 3.63) is 35.4 Å². The van der Waals surface area contributed by atoms with Gasteiger partial charge in [-0.05, 0) is 6.92 Å². The Morgan fingerprint density at radius 3 is 2.28 bits per heavy atom. The van der Waals surface area contributed by atoms with Gasteiger partial charge in [0.15, 0.2) is 9.84 Å². The molecule has 0 saturated heterocycles. The minimum absolute atomic E-state index is 0.0284. The van der Waals surface area contributed by atoms with E-state index in [1.54, 1.807) is 24.3 Å². The number of oxime groups is 1. The highest BCUT2D eigenvalue weighted by Crippen LogP contribution is 2.13. The number of aliphatic hydroxyl groups is 1. The summed E-state index contributed by atoms with van der Waals surface area (Å²) >= 11 is 0. The van der Waals surface area contributed by atoms with Crippen LogP contribution < -0.4 is 0 Å². The van der Waals surface area contributed by atoms with Crippen molar-refractivity contribution < 1.29 is 18.7 Å². The summed E-state index contributed by atoms with van der Waals surface area (Å²) in [5.74, 6) is -0.122. The van der Waals surface area contributed by atoms with E-state index in [2.05, 4.69) is 5.16 Å². The molecule has 0 spiro atoms. The average molecular weight is 271 g/mol. The normalized spacial score (nSPS) is 14.5. The Kier molecular flexibility index (Phi) is 4.86. The summed E-state index contributed by atoms with van der Waals surface area (Å²) in [5.41, 5.74) is 1.47. The Hall–Kier alpha value is -1.40. The number of benzene rings is 1. The van der Waals surface area contributed by atoms with Gasteiger partial charge in [-0.15, -0.1) is 0 Å². The van der Waals surface area contributed by atoms with Gasteiger partial charge >= 0.3 is 0 Å². The minimum atomic E-state index is -3.52. The number of rotatable bonds is 5. The third-order valence-electron chi connectivity index (χ3n) is 2.76. The molecule has 1 atom stereocenters. The fourth-order valence-corrected chi connectivity index (χ4v) is 2.76. The highest BCUT2D eigenvalue weighted by Gasteiger charge is 2.29. The summed E-state index contributed by atoms with van der Waals surface area (Å²) in [6, 6.07) is 6.90. The number of aliphatic hydroxyl groups excluding tert-OH is 1. The minimum Gasteiger partial charge on any atom is -0.411 e. The Morgan fingerprint density at radius 1 is 1.33 bits per heavy atom. The lowest BCUT2D eigenvalue weighted by Gasteiger charge is -2.15. The van der Waals surface area contributed by atoms with Gasteiger partial charge in [-0.3, -0.25) is 0 Å². The second-order valence-electron chi connectivity index (χ2n) is 3.97. The Bertz CT molecular complexity index is 520. The van der Waals surface area contributed by atoms with Crippen molar-refractivity contribution in [1.29, 1.82) is 0 Å². The molecule has 1 rings (SSSR count). The molecule has 18 heavy (non-hydrogen) atoms. The number of nitrogens with zero attached hydrogens (tertiary/aromatic N) is 1. The predicted molar refractivity (Wildman–Crippen MR) is 69.8 cm³/mol. The van der Waals surface area contributed by atoms with Crippen molar-refractivity contribution in [2.45, 2.75) is 19.1 Å². The van der Waals surface area contributed by atoms with Gasteiger partial charge in [-0.25, -0.2) is 8.42 Å². The lowest BCUT2D eigenvalue weighted by Crippen LogP contribution is -2.35. The van der Waals surface area contributed by atoms with Gasteiger partial charge in [-0.1, -0.05) is 41.9 Å². The van der Waals surface area contributed by atoms with E-state index in [1.165, 1.54) is 6.92 Å². The van der Waals surface area contributed by atoms with Crippen molar-refractivity contribution >= 4 is 15.5 Å². The smallest absolute Gasteiger partial charge is 0.161 e. The van der Waals surface area contributed by atoms with Crippen LogP contribution in [0.25, 0.3) is 0 Å². The quantitative estimate of drug-likeness (QED) is 0.474. The molecule has 0 aliphatic rings. The molecule has 0 aliphatic heterocycles. The maximum absolute atomic E-state index is 11.8. The van der Waals surface area contributed by atoms with Crippen molar-refractivity contribution in [2.75, 3.05) is 12.4 Å². The fraction of sp³-hybridized carbons (Fsp3) is 0.417. The average Bonchev–Trinajstić information content (AvgIpc) is 2.36. The highest BCUT2D eigenvalue weighted by molar-refractivity contribution is 7.92. The van der Waals surface area contributed by atoms with Crippen LogP contribution in [0.15, 0.2) is 29.4 Å². The van der Waals surface area contributed by atoms with Gasteiger partial charge in [0, 0.05) is 11.3 Å². The monoisotopic (exact) mass is 271 g/mol. The molecule has 0 bridgehead atoms. The van der Waals surface area contributed by atoms with Crippen LogP contribution in [0.4, 0.5) is 0 Å². The van der Waals surface area contributed by atoms with E-state index < -0.39 is 21.7 Å². The first-order chi connectivity index (χ1) is 8.46. The van der Waals surface area contributed by atoms with Gasteiger partial charge in [0.1, 0.15) is 11.0 Å². The molecule has 0 saturated carbocycles. The molecule has 0 fully saturated rings. The molecule has 0 aromatic heterocycles. The fourth-order valence-electron chi connectivity index (χ4n) is 1.60. The molecule has 1 aromatic carbocycles. The summed E-state index contributed by atoms with van der Waals surface area (Å²) in [4.78, 5) is 0. The molecule has 100 valence electrons. The Balaban J connectivity index is 3.21. The highest BCUT2D eigenvalue weighted by atomic mass is 32.2. The molecule has 5 nitrogen and oxygen atoms in total. The van der Waals surface area contributed by atoms with E-state index >= 15 is 0 Å². The molecule has 6 heteroatoms. The van der Waals surface area contributed by atoms with Crippen LogP contribution in [0.5, 0.6) is 0 Å². The molecular weight excluding hydrogens is 254 g/mol. The van der Waals surface area contributed by atoms with Crippen LogP contribution in [-0.2, 0) is 9.84 Å². The zero-order valence-electron chi connectivity index (χ0n) is 10.4. The summed E-state index contributed by atoms with van der Waals surface area (Å²) < 4.78 is 23.6. The van der Waals surface area contributed by atoms with Crippen LogP contribution in [-0.4, -0.2) is 42.1 Å². The lowest BCUT2D eigenvalue weighted by atomic mass is 10.1. The van der Waals surface area contributed by atoms with Gasteiger partial charge < -0.3 is 10.3 Å². The van der Waals surface area contributed by atoms with Crippen LogP contribution in [0.2, 0.25) is 0 Å². The maximum Gasteiger partial charge on any atom is 0.161 e. The van der Waals surface area contributed by atoms with Gasteiger partial charge in [-0.2, -0.15) is 0 Å². The van der Waals surface area contributed by atoms with Crippen LogP contribution >= 0.6 is 0 Å². The summed E-state index contributed by atoms with van der Waals surface area (Å²) in [7, 11) is -3.52. The molecule has 2 N–H and O–H groups in total. The second kappa shape index (κ2) is 5.97. The lowest BCUT2D eigenvalue weighted by molar-refractivity contribution is 0.296. The van der Waals surface area contributed by atoms with Crippen molar-refractivity contribution in [3.63, 3.8) is 0 Å². The summed E-state index contributed by atoms with van der Waals surface area (Å²) in [6.45, 7) is 2.78. The van der Waals surface area contributed by atoms with E-state index in [9.17, 15) is 13.5 Å². The largest absolute Gasteiger partial charge is 0.411 e. The number of sulfone groups is 1. The first kappa shape index (κ1) is 14.7. The molecule has 0 heterocycles. The Labute approximate surface area is 107 Å². The van der Waals surface area contributed by atoms with Crippen LogP contribution in [0.3, 0.4) is 0 Å². The second-order valence-corrected chi connectivity index (χ2v) is 6.45. The van der Waals surface area contributed by atoms with Gasteiger partial charge in [0.25, 0.3) is 0 Å². The zero-order chi connectivity index (χ0) is 13.8. The summed E-state index contributed by atoms with van der Waals surface area (Å²) in [5, 5.41) is 20.1. The van der Waals surface area contributed by atoms with Crippen molar-refractivity contribution in [1.82, 2.24) is 0 Å². The van der Waals surface area contributed by atoms with E-state index in [0.29, 0.717) is 5.56 Å². The molecular formula is C12H17NO4S.